The molecule has 3 heteroatoms. The van der Waals surface area contributed by atoms with Crippen LogP contribution >= 0.6 is 0 Å². The Bertz CT molecular complexity index is 154. The summed E-state index contributed by atoms with van der Waals surface area (Å²) >= 11 is 0. The predicted molar refractivity (Wildman–Crippen MR) is 27.9 cm³/mol. The van der Waals surface area contributed by atoms with Gasteiger partial charge in [0, 0.05) is 6.42 Å². The summed E-state index contributed by atoms with van der Waals surface area (Å²) in [5.74, 6) is 0. The molecule has 2 heterocycles. The van der Waals surface area contributed by atoms with Gasteiger partial charge in [-0.1, -0.05) is 0 Å². The molecule has 1 aliphatic carbocycles. The summed E-state index contributed by atoms with van der Waals surface area (Å²) in [7, 11) is 0. The molecule has 50 valence electrons. The smallest absolute Gasteiger partial charge is 0.115 e. The van der Waals surface area contributed by atoms with E-state index in [0.717, 1.165) is 6.42 Å². The molecule has 0 spiro atoms. The number of rotatable bonds is 0. The van der Waals surface area contributed by atoms with Crippen molar-refractivity contribution in [3.05, 3.63) is 0 Å². The predicted octanol–water partition coefficient (Wildman–Crippen LogP) is -0.714. The van der Waals surface area contributed by atoms with E-state index in [1.165, 1.54) is 0 Å². The fourth-order valence-electron chi connectivity index (χ4n) is 1.72. The van der Waals surface area contributed by atoms with Crippen molar-refractivity contribution in [3.8, 4) is 0 Å². The number of hydrogen-bond donors (Lipinski definition) is 1. The van der Waals surface area contributed by atoms with Crippen molar-refractivity contribution in [2.75, 3.05) is 0 Å². The Hall–Kier alpha value is -0.120. The number of epoxide rings is 2. The molecule has 2 aliphatic heterocycles. The van der Waals surface area contributed by atoms with E-state index >= 15 is 0 Å². The normalized spacial score (nSPS) is 68.3. The number of fused-ring (bicyclic) bond motifs is 3. The highest BCUT2D eigenvalue weighted by molar-refractivity contribution is 5.11. The molecule has 3 fully saturated rings. The summed E-state index contributed by atoms with van der Waals surface area (Å²) in [5.41, 5.74) is 0. The fraction of sp³-hybridized carbons (Fsp3) is 1.00. The van der Waals surface area contributed by atoms with E-state index in [0.29, 0.717) is 12.2 Å². The van der Waals surface area contributed by atoms with E-state index in [2.05, 4.69) is 0 Å². The first-order valence-corrected chi connectivity index (χ1v) is 3.35. The van der Waals surface area contributed by atoms with Crippen molar-refractivity contribution >= 4 is 0 Å². The third-order valence-electron chi connectivity index (χ3n) is 2.36. The van der Waals surface area contributed by atoms with Crippen LogP contribution in [0.5, 0.6) is 0 Å². The molecule has 0 bridgehead atoms. The molecule has 1 saturated carbocycles. The van der Waals surface area contributed by atoms with Crippen molar-refractivity contribution in [2.24, 2.45) is 0 Å². The number of hydrogen-bond acceptors (Lipinski definition) is 3. The minimum absolute atomic E-state index is 0.119. The molecule has 5 atom stereocenters. The lowest BCUT2D eigenvalue weighted by molar-refractivity contribution is 0.117. The first kappa shape index (κ1) is 4.66. The molecule has 9 heavy (non-hydrogen) atoms. The van der Waals surface area contributed by atoms with Crippen LogP contribution in [0.3, 0.4) is 0 Å². The average molecular weight is 128 g/mol. The van der Waals surface area contributed by atoms with Crippen LogP contribution in [-0.4, -0.2) is 35.6 Å². The second-order valence-electron chi connectivity index (χ2n) is 3.01. The molecular formula is C6H8O3. The third kappa shape index (κ3) is 0.478. The zero-order valence-electron chi connectivity index (χ0n) is 4.86. The van der Waals surface area contributed by atoms with Crippen LogP contribution in [0.4, 0.5) is 0 Å². The molecule has 5 unspecified atom stereocenters. The van der Waals surface area contributed by atoms with Gasteiger partial charge >= 0.3 is 0 Å². The third-order valence-corrected chi connectivity index (χ3v) is 2.36. The van der Waals surface area contributed by atoms with Crippen LogP contribution in [-0.2, 0) is 9.47 Å². The van der Waals surface area contributed by atoms with Gasteiger partial charge in [-0.2, -0.15) is 0 Å². The van der Waals surface area contributed by atoms with Gasteiger partial charge in [-0.15, -0.1) is 0 Å². The minimum atomic E-state index is -0.251. The Labute approximate surface area is 52.6 Å². The highest BCUT2D eigenvalue weighted by Crippen LogP contribution is 2.47. The standard InChI is InChI=1S/C6H8O3/c7-2-1-3-5(8-3)6-4(2)9-6/h2-7H,1H2. The molecule has 0 aromatic rings. The fourth-order valence-corrected chi connectivity index (χ4v) is 1.72. The SMILES string of the molecule is OC1CC2OC2C2OC12. The first-order chi connectivity index (χ1) is 4.36. The second-order valence-corrected chi connectivity index (χ2v) is 3.01. The van der Waals surface area contributed by atoms with Crippen LogP contribution < -0.4 is 0 Å². The van der Waals surface area contributed by atoms with E-state index in [4.69, 9.17) is 9.47 Å². The molecule has 0 radical (unpaired) electrons. The maximum Gasteiger partial charge on any atom is 0.115 e. The molecule has 0 aromatic carbocycles. The Morgan fingerprint density at radius 1 is 1.11 bits per heavy atom. The van der Waals surface area contributed by atoms with E-state index in [9.17, 15) is 5.11 Å². The van der Waals surface area contributed by atoms with Crippen LogP contribution in [0.2, 0.25) is 0 Å². The van der Waals surface area contributed by atoms with Crippen LogP contribution in [0.15, 0.2) is 0 Å². The van der Waals surface area contributed by atoms with Gasteiger partial charge in [-0.25, -0.2) is 0 Å². The average Bonchev–Trinajstić information content (AvgIpc) is 2.54. The van der Waals surface area contributed by atoms with E-state index < -0.39 is 0 Å². The Morgan fingerprint density at radius 2 is 2.00 bits per heavy atom. The lowest BCUT2D eigenvalue weighted by atomic mass is 9.98. The van der Waals surface area contributed by atoms with Gasteiger partial charge in [0.15, 0.2) is 0 Å². The maximum absolute atomic E-state index is 9.21. The summed E-state index contributed by atoms with van der Waals surface area (Å²) in [4.78, 5) is 0. The number of aliphatic hydroxyl groups excluding tert-OH is 1. The topological polar surface area (TPSA) is 45.3 Å². The van der Waals surface area contributed by atoms with Crippen molar-refractivity contribution in [1.29, 1.82) is 0 Å². The Kier molecular flexibility index (Phi) is 0.604. The van der Waals surface area contributed by atoms with Gasteiger partial charge in [0.05, 0.1) is 12.2 Å². The molecule has 3 rings (SSSR count). The lowest BCUT2D eigenvalue weighted by Gasteiger charge is -2.06. The zero-order valence-corrected chi connectivity index (χ0v) is 4.86. The van der Waals surface area contributed by atoms with E-state index in [1.54, 1.807) is 0 Å². The largest absolute Gasteiger partial charge is 0.390 e. The summed E-state index contributed by atoms with van der Waals surface area (Å²) < 4.78 is 10.4. The van der Waals surface area contributed by atoms with Gasteiger partial charge in [-0.05, 0) is 0 Å². The Balaban J connectivity index is 1.87. The molecule has 0 amide bonds. The molecule has 1 N–H and O–H groups in total. The van der Waals surface area contributed by atoms with Gasteiger partial charge in [0.2, 0.25) is 0 Å². The van der Waals surface area contributed by atoms with Crippen LogP contribution in [0, 0.1) is 0 Å². The van der Waals surface area contributed by atoms with E-state index in [1.807, 2.05) is 0 Å². The quantitative estimate of drug-likeness (QED) is 0.438. The second kappa shape index (κ2) is 1.17. The van der Waals surface area contributed by atoms with Gasteiger partial charge < -0.3 is 14.6 Å². The highest BCUT2D eigenvalue weighted by atomic mass is 16.7. The minimum Gasteiger partial charge on any atom is -0.390 e. The van der Waals surface area contributed by atoms with Crippen LogP contribution in [0.1, 0.15) is 6.42 Å². The van der Waals surface area contributed by atoms with E-state index in [-0.39, 0.29) is 18.3 Å². The number of aliphatic hydroxyl groups is 1. The lowest BCUT2D eigenvalue weighted by Crippen LogP contribution is -2.26. The summed E-state index contributed by atoms with van der Waals surface area (Å²) in [6.07, 6.45) is 1.57. The van der Waals surface area contributed by atoms with Gasteiger partial charge in [-0.3, -0.25) is 0 Å². The molecule has 3 aliphatic rings. The number of ether oxygens (including phenoxy) is 2. The highest BCUT2D eigenvalue weighted by Gasteiger charge is 2.64. The summed E-state index contributed by atoms with van der Waals surface area (Å²) in [6, 6.07) is 0. The summed E-state index contributed by atoms with van der Waals surface area (Å²) in [5, 5.41) is 9.21. The molecule has 3 nitrogen and oxygen atoms in total. The summed E-state index contributed by atoms with van der Waals surface area (Å²) in [6.45, 7) is 0. The maximum atomic E-state index is 9.21. The van der Waals surface area contributed by atoms with Gasteiger partial charge in [0.25, 0.3) is 0 Å². The van der Waals surface area contributed by atoms with Crippen molar-refractivity contribution in [3.63, 3.8) is 0 Å². The monoisotopic (exact) mass is 128 g/mol. The Morgan fingerprint density at radius 3 is 2.89 bits per heavy atom. The molecule has 0 aromatic heterocycles. The van der Waals surface area contributed by atoms with Crippen LogP contribution in [0.25, 0.3) is 0 Å². The zero-order chi connectivity index (χ0) is 6.01. The van der Waals surface area contributed by atoms with Crippen molar-refractivity contribution in [2.45, 2.75) is 36.9 Å². The van der Waals surface area contributed by atoms with Crippen molar-refractivity contribution in [1.82, 2.24) is 0 Å². The molecular weight excluding hydrogens is 120 g/mol. The van der Waals surface area contributed by atoms with Gasteiger partial charge in [0.1, 0.15) is 18.3 Å². The molecule has 2 saturated heterocycles. The van der Waals surface area contributed by atoms with Crippen molar-refractivity contribution < 1.29 is 14.6 Å². The first-order valence-electron chi connectivity index (χ1n) is 3.35.